The number of methoxy groups -OCH3 is 1. The maximum atomic E-state index is 5.22. The van der Waals surface area contributed by atoms with Crippen molar-refractivity contribution in [1.82, 2.24) is 19.8 Å². The lowest BCUT2D eigenvalue weighted by atomic mass is 10.1. The van der Waals surface area contributed by atoms with Gasteiger partial charge in [0.1, 0.15) is 5.75 Å². The van der Waals surface area contributed by atoms with Gasteiger partial charge in [-0.2, -0.15) is 9.61 Å². The van der Waals surface area contributed by atoms with E-state index in [1.807, 2.05) is 36.4 Å². The molecule has 0 bridgehead atoms. The summed E-state index contributed by atoms with van der Waals surface area (Å²) in [4.78, 5) is 0. The standard InChI is InChI=1S/C20H18N4OS/c1-14-4-3-5-15(12-14)13-26-20-22-21-19-11-10-18(23-24(19)20)16-6-8-17(25-2)9-7-16/h3-12H,13H2,1-2H3. The lowest BCUT2D eigenvalue weighted by molar-refractivity contribution is 0.415. The van der Waals surface area contributed by atoms with Crippen molar-refractivity contribution in [3.8, 4) is 17.0 Å². The molecule has 0 saturated heterocycles. The maximum absolute atomic E-state index is 5.22. The van der Waals surface area contributed by atoms with Crippen molar-refractivity contribution >= 4 is 17.4 Å². The minimum atomic E-state index is 0.744. The third kappa shape index (κ3) is 3.41. The number of thioether (sulfide) groups is 1. The van der Waals surface area contributed by atoms with E-state index >= 15 is 0 Å². The molecule has 0 radical (unpaired) electrons. The van der Waals surface area contributed by atoms with Gasteiger partial charge in [0.15, 0.2) is 5.65 Å². The van der Waals surface area contributed by atoms with Crippen LogP contribution in [0.2, 0.25) is 0 Å². The van der Waals surface area contributed by atoms with Gasteiger partial charge >= 0.3 is 0 Å². The van der Waals surface area contributed by atoms with Crippen LogP contribution >= 0.6 is 11.8 Å². The SMILES string of the molecule is COc1ccc(-c2ccc3nnc(SCc4cccc(C)c4)n3n2)cc1. The molecule has 0 atom stereocenters. The van der Waals surface area contributed by atoms with Gasteiger partial charge in [-0.3, -0.25) is 0 Å². The molecule has 2 heterocycles. The monoisotopic (exact) mass is 362 g/mol. The van der Waals surface area contributed by atoms with Gasteiger partial charge < -0.3 is 4.74 Å². The Bertz CT molecular complexity index is 1040. The van der Waals surface area contributed by atoms with Crippen molar-refractivity contribution in [2.45, 2.75) is 17.8 Å². The summed E-state index contributed by atoms with van der Waals surface area (Å²) in [6.07, 6.45) is 0. The number of hydrogen-bond acceptors (Lipinski definition) is 5. The molecule has 130 valence electrons. The van der Waals surface area contributed by atoms with Gasteiger partial charge in [0, 0.05) is 11.3 Å². The molecule has 2 aromatic heterocycles. The highest BCUT2D eigenvalue weighted by atomic mass is 32.2. The van der Waals surface area contributed by atoms with Crippen molar-refractivity contribution < 1.29 is 4.74 Å². The third-order valence-corrected chi connectivity index (χ3v) is 5.06. The van der Waals surface area contributed by atoms with E-state index < -0.39 is 0 Å². The molecule has 5 nitrogen and oxygen atoms in total. The van der Waals surface area contributed by atoms with E-state index in [9.17, 15) is 0 Å². The predicted molar refractivity (Wildman–Crippen MR) is 104 cm³/mol. The number of fused-ring (bicyclic) bond motifs is 1. The van der Waals surface area contributed by atoms with Crippen molar-refractivity contribution in [3.05, 3.63) is 71.8 Å². The second-order valence-electron chi connectivity index (χ2n) is 5.98. The van der Waals surface area contributed by atoms with Gasteiger partial charge in [-0.05, 0) is 48.9 Å². The summed E-state index contributed by atoms with van der Waals surface area (Å²) in [6.45, 7) is 2.10. The lowest BCUT2D eigenvalue weighted by Gasteiger charge is -2.05. The quantitative estimate of drug-likeness (QED) is 0.493. The third-order valence-electron chi connectivity index (χ3n) is 4.07. The maximum Gasteiger partial charge on any atom is 0.212 e. The second-order valence-corrected chi connectivity index (χ2v) is 6.92. The van der Waals surface area contributed by atoms with E-state index in [2.05, 4.69) is 41.4 Å². The average Bonchev–Trinajstić information content (AvgIpc) is 3.09. The molecule has 0 aliphatic carbocycles. The van der Waals surface area contributed by atoms with Crippen LogP contribution < -0.4 is 4.74 Å². The summed E-state index contributed by atoms with van der Waals surface area (Å²) in [6, 6.07) is 20.2. The lowest BCUT2D eigenvalue weighted by Crippen LogP contribution is -1.96. The van der Waals surface area contributed by atoms with Gasteiger partial charge in [0.25, 0.3) is 0 Å². The fourth-order valence-electron chi connectivity index (χ4n) is 2.72. The van der Waals surface area contributed by atoms with Crippen LogP contribution in [0.5, 0.6) is 5.75 Å². The van der Waals surface area contributed by atoms with Gasteiger partial charge in [-0.1, -0.05) is 41.6 Å². The summed E-state index contributed by atoms with van der Waals surface area (Å²) in [7, 11) is 1.66. The summed E-state index contributed by atoms with van der Waals surface area (Å²) >= 11 is 1.64. The first kappa shape index (κ1) is 16.6. The zero-order chi connectivity index (χ0) is 17.9. The van der Waals surface area contributed by atoms with Crippen molar-refractivity contribution in [1.29, 1.82) is 0 Å². The molecule has 4 rings (SSSR count). The number of aromatic nitrogens is 4. The number of hydrogen-bond donors (Lipinski definition) is 0. The number of ether oxygens (including phenoxy) is 1. The zero-order valence-electron chi connectivity index (χ0n) is 14.6. The Morgan fingerprint density at radius 1 is 1.00 bits per heavy atom. The van der Waals surface area contributed by atoms with Crippen LogP contribution in [0.3, 0.4) is 0 Å². The van der Waals surface area contributed by atoms with E-state index in [-0.39, 0.29) is 0 Å². The smallest absolute Gasteiger partial charge is 0.212 e. The predicted octanol–water partition coefficient (Wildman–Crippen LogP) is 4.40. The molecule has 0 saturated carbocycles. The topological polar surface area (TPSA) is 52.3 Å². The van der Waals surface area contributed by atoms with Crippen molar-refractivity contribution in [2.75, 3.05) is 7.11 Å². The highest BCUT2D eigenvalue weighted by molar-refractivity contribution is 7.98. The molecule has 4 aromatic rings. The molecule has 0 spiro atoms. The Morgan fingerprint density at radius 3 is 2.62 bits per heavy atom. The summed E-state index contributed by atoms with van der Waals surface area (Å²) in [5.41, 5.74) is 5.16. The molecule has 6 heteroatoms. The summed E-state index contributed by atoms with van der Waals surface area (Å²) < 4.78 is 7.02. The van der Waals surface area contributed by atoms with Crippen LogP contribution in [0.25, 0.3) is 16.9 Å². The van der Waals surface area contributed by atoms with Gasteiger partial charge in [0.2, 0.25) is 5.16 Å². The first-order valence-corrected chi connectivity index (χ1v) is 9.27. The molecule has 2 aromatic carbocycles. The van der Waals surface area contributed by atoms with Gasteiger partial charge in [-0.25, -0.2) is 0 Å². The Kier molecular flexibility index (Phi) is 4.58. The van der Waals surface area contributed by atoms with E-state index in [0.29, 0.717) is 0 Å². The van der Waals surface area contributed by atoms with Crippen LogP contribution in [0.4, 0.5) is 0 Å². The minimum absolute atomic E-state index is 0.744. The van der Waals surface area contributed by atoms with E-state index in [1.54, 1.807) is 23.4 Å². The molecule has 0 fully saturated rings. The largest absolute Gasteiger partial charge is 0.497 e. The van der Waals surface area contributed by atoms with Crippen molar-refractivity contribution in [3.63, 3.8) is 0 Å². The Morgan fingerprint density at radius 2 is 1.85 bits per heavy atom. The van der Waals surface area contributed by atoms with E-state index in [4.69, 9.17) is 9.84 Å². The highest BCUT2D eigenvalue weighted by Gasteiger charge is 2.10. The van der Waals surface area contributed by atoms with E-state index in [1.165, 1.54) is 11.1 Å². The molecule has 0 aliphatic rings. The number of nitrogens with zero attached hydrogens (tertiary/aromatic N) is 4. The van der Waals surface area contributed by atoms with Gasteiger partial charge in [0.05, 0.1) is 12.8 Å². The molecule has 26 heavy (non-hydrogen) atoms. The van der Waals surface area contributed by atoms with Crippen LogP contribution in [-0.4, -0.2) is 26.9 Å². The Labute approximate surface area is 156 Å². The number of rotatable bonds is 5. The molecule has 0 N–H and O–H groups in total. The van der Waals surface area contributed by atoms with E-state index in [0.717, 1.165) is 33.6 Å². The van der Waals surface area contributed by atoms with Crippen LogP contribution in [0.1, 0.15) is 11.1 Å². The summed E-state index contributed by atoms with van der Waals surface area (Å²) in [5, 5.41) is 14.0. The highest BCUT2D eigenvalue weighted by Crippen LogP contribution is 2.24. The fourth-order valence-corrected chi connectivity index (χ4v) is 3.56. The normalized spacial score (nSPS) is 11.0. The van der Waals surface area contributed by atoms with Crippen LogP contribution in [-0.2, 0) is 5.75 Å². The second kappa shape index (κ2) is 7.17. The molecule has 0 amide bonds. The molecule has 0 unspecified atom stereocenters. The fraction of sp³-hybridized carbons (Fsp3) is 0.150. The summed E-state index contributed by atoms with van der Waals surface area (Å²) in [5.74, 6) is 1.66. The minimum Gasteiger partial charge on any atom is -0.497 e. The molecular weight excluding hydrogens is 344 g/mol. The van der Waals surface area contributed by atoms with Crippen LogP contribution in [0, 0.1) is 6.92 Å². The van der Waals surface area contributed by atoms with Gasteiger partial charge in [-0.15, -0.1) is 10.2 Å². The first-order chi connectivity index (χ1) is 12.7. The number of benzene rings is 2. The van der Waals surface area contributed by atoms with Crippen LogP contribution in [0.15, 0.2) is 65.8 Å². The van der Waals surface area contributed by atoms with Crippen molar-refractivity contribution in [2.24, 2.45) is 0 Å². The molecule has 0 aliphatic heterocycles. The number of aryl methyl sites for hydroxylation is 1. The average molecular weight is 362 g/mol. The Hall–Kier alpha value is -2.86. The first-order valence-electron chi connectivity index (χ1n) is 8.28. The Balaban J connectivity index is 1.61. The zero-order valence-corrected chi connectivity index (χ0v) is 15.4. The molecular formula is C20H18N4OS.